The molecule has 10 aromatic carbocycles. The standard InChI is InChI=1S/C65H45NO/c1-63(2)53-26-12-9-23-47(53)49-36-33-44(39-59(49)63)66(46-35-38-52-51-25-11-18-32-61(51)67-62(52)41-46)45-34-37-50-48-24-10-13-27-54(48)65(60(50)40-45)57-30-16-14-28-55(57)64(42-19-5-3-6-20-42,43-21-7-4-8-22-43)56-29-15-17-31-58(56)65/h3-41H,1-2H3. The number of rotatable bonds is 5. The van der Waals surface area contributed by atoms with Crippen molar-refractivity contribution in [3.05, 3.63) is 292 Å². The van der Waals surface area contributed by atoms with Crippen molar-refractivity contribution in [3.63, 3.8) is 0 Å². The van der Waals surface area contributed by atoms with Crippen molar-refractivity contribution < 1.29 is 4.42 Å². The van der Waals surface area contributed by atoms with E-state index in [4.69, 9.17) is 4.42 Å². The summed E-state index contributed by atoms with van der Waals surface area (Å²) in [6, 6.07) is 88.4. The molecule has 3 aliphatic carbocycles. The lowest BCUT2D eigenvalue weighted by molar-refractivity contribution is 0.623. The van der Waals surface area contributed by atoms with Crippen LogP contribution in [0.15, 0.2) is 241 Å². The molecule has 1 spiro atoms. The number of hydrogen-bond acceptors (Lipinski definition) is 2. The summed E-state index contributed by atoms with van der Waals surface area (Å²) in [6.07, 6.45) is 0. The SMILES string of the molecule is CC1(C)c2ccccc2-c2ccc(N(c3ccc4c(c3)C3(c5ccccc5-4)c4ccccc4C(c4ccccc4)(c4ccccc4)c4ccccc43)c3ccc4c(c3)oc3ccccc34)cc21. The molecule has 0 bridgehead atoms. The first-order valence-electron chi connectivity index (χ1n) is 23.5. The van der Waals surface area contributed by atoms with E-state index in [0.29, 0.717) is 0 Å². The van der Waals surface area contributed by atoms with Gasteiger partial charge in [-0.15, -0.1) is 0 Å². The Morgan fingerprint density at radius 3 is 1.34 bits per heavy atom. The molecule has 3 aliphatic rings. The zero-order chi connectivity index (χ0) is 44.5. The van der Waals surface area contributed by atoms with Crippen molar-refractivity contribution in [1.82, 2.24) is 0 Å². The van der Waals surface area contributed by atoms with Crippen LogP contribution in [0.1, 0.15) is 69.5 Å². The van der Waals surface area contributed by atoms with Gasteiger partial charge in [0.25, 0.3) is 0 Å². The molecule has 0 saturated carbocycles. The van der Waals surface area contributed by atoms with Crippen LogP contribution in [0.3, 0.4) is 0 Å². The van der Waals surface area contributed by atoms with E-state index in [1.807, 2.05) is 6.07 Å². The molecule has 14 rings (SSSR count). The number of fused-ring (bicyclic) bond motifs is 15. The lowest BCUT2D eigenvalue weighted by Gasteiger charge is -2.50. The average molecular weight is 856 g/mol. The fraction of sp³-hybridized carbons (Fsp3) is 0.0769. The van der Waals surface area contributed by atoms with E-state index in [9.17, 15) is 0 Å². The summed E-state index contributed by atoms with van der Waals surface area (Å²) in [6.45, 7) is 4.73. The maximum Gasteiger partial charge on any atom is 0.137 e. The number of furan rings is 1. The normalized spacial score (nSPS) is 15.1. The van der Waals surface area contributed by atoms with Crippen LogP contribution in [-0.4, -0.2) is 0 Å². The molecule has 0 saturated heterocycles. The molecule has 0 aliphatic heterocycles. The Bertz CT molecular complexity index is 3710. The zero-order valence-electron chi connectivity index (χ0n) is 37.4. The Balaban J connectivity index is 1.06. The first-order valence-corrected chi connectivity index (χ1v) is 23.5. The average Bonchev–Trinajstić information content (AvgIpc) is 3.98. The highest BCUT2D eigenvalue weighted by Gasteiger charge is 2.56. The molecule has 0 unspecified atom stereocenters. The van der Waals surface area contributed by atoms with Crippen molar-refractivity contribution in [3.8, 4) is 22.3 Å². The largest absolute Gasteiger partial charge is 0.456 e. The molecule has 1 aromatic heterocycles. The van der Waals surface area contributed by atoms with E-state index < -0.39 is 10.8 Å². The summed E-state index contributed by atoms with van der Waals surface area (Å²) in [4.78, 5) is 2.46. The third-order valence-corrected chi connectivity index (χ3v) is 15.6. The van der Waals surface area contributed by atoms with Crippen molar-refractivity contribution in [2.45, 2.75) is 30.1 Å². The van der Waals surface area contributed by atoms with Crippen LogP contribution >= 0.6 is 0 Å². The number of hydrogen-bond donors (Lipinski definition) is 0. The Hall–Kier alpha value is -8.20. The van der Waals surface area contributed by atoms with Gasteiger partial charge < -0.3 is 9.32 Å². The van der Waals surface area contributed by atoms with Gasteiger partial charge in [0.2, 0.25) is 0 Å². The smallest absolute Gasteiger partial charge is 0.137 e. The molecule has 2 heteroatoms. The van der Waals surface area contributed by atoms with Gasteiger partial charge in [-0.2, -0.15) is 0 Å². The van der Waals surface area contributed by atoms with Crippen molar-refractivity contribution in [2.24, 2.45) is 0 Å². The lowest BCUT2D eigenvalue weighted by atomic mass is 9.51. The van der Waals surface area contributed by atoms with E-state index in [2.05, 4.69) is 249 Å². The third-order valence-electron chi connectivity index (χ3n) is 15.6. The van der Waals surface area contributed by atoms with E-state index in [1.54, 1.807) is 0 Å². The summed E-state index contributed by atoms with van der Waals surface area (Å²) in [7, 11) is 0. The van der Waals surface area contributed by atoms with Crippen LogP contribution in [0.4, 0.5) is 17.1 Å². The highest BCUT2D eigenvalue weighted by atomic mass is 16.3. The highest BCUT2D eigenvalue weighted by Crippen LogP contribution is 2.65. The van der Waals surface area contributed by atoms with E-state index in [1.165, 1.54) is 77.9 Å². The van der Waals surface area contributed by atoms with Crippen molar-refractivity contribution in [1.29, 1.82) is 0 Å². The fourth-order valence-corrected chi connectivity index (χ4v) is 12.8. The van der Waals surface area contributed by atoms with Crippen LogP contribution in [0.25, 0.3) is 44.2 Å². The molecule has 0 N–H and O–H groups in total. The Morgan fingerprint density at radius 1 is 0.299 bits per heavy atom. The molecule has 67 heavy (non-hydrogen) atoms. The minimum absolute atomic E-state index is 0.167. The molecule has 0 atom stereocenters. The summed E-state index contributed by atoms with van der Waals surface area (Å²) in [5.74, 6) is 0. The number of anilines is 3. The molecule has 11 aromatic rings. The van der Waals surface area contributed by atoms with Gasteiger partial charge in [0.1, 0.15) is 11.2 Å². The van der Waals surface area contributed by atoms with Gasteiger partial charge in [0.15, 0.2) is 0 Å². The van der Waals surface area contributed by atoms with Gasteiger partial charge >= 0.3 is 0 Å². The number of para-hydroxylation sites is 1. The van der Waals surface area contributed by atoms with Gasteiger partial charge in [0.05, 0.1) is 10.8 Å². The molecule has 316 valence electrons. The van der Waals surface area contributed by atoms with Gasteiger partial charge in [0, 0.05) is 39.3 Å². The molecule has 0 fully saturated rings. The van der Waals surface area contributed by atoms with Crippen LogP contribution in [0, 0.1) is 0 Å². The van der Waals surface area contributed by atoms with Crippen molar-refractivity contribution >= 4 is 39.0 Å². The van der Waals surface area contributed by atoms with Crippen LogP contribution < -0.4 is 4.90 Å². The van der Waals surface area contributed by atoms with Gasteiger partial charge in [-0.3, -0.25) is 0 Å². The molecule has 2 nitrogen and oxygen atoms in total. The van der Waals surface area contributed by atoms with E-state index in [-0.39, 0.29) is 5.41 Å². The van der Waals surface area contributed by atoms with Gasteiger partial charge in [-0.05, 0) is 120 Å². The predicted molar refractivity (Wildman–Crippen MR) is 275 cm³/mol. The van der Waals surface area contributed by atoms with Gasteiger partial charge in [-0.1, -0.05) is 202 Å². The first-order chi connectivity index (χ1) is 33.0. The maximum absolute atomic E-state index is 6.61. The monoisotopic (exact) mass is 855 g/mol. The first kappa shape index (κ1) is 38.1. The fourth-order valence-electron chi connectivity index (χ4n) is 12.8. The topological polar surface area (TPSA) is 16.4 Å². The second kappa shape index (κ2) is 13.9. The van der Waals surface area contributed by atoms with E-state index >= 15 is 0 Å². The zero-order valence-corrected chi connectivity index (χ0v) is 37.4. The minimum atomic E-state index is -0.627. The Kier molecular flexibility index (Phi) is 7.91. The minimum Gasteiger partial charge on any atom is -0.456 e. The molecule has 1 heterocycles. The number of benzene rings is 10. The Morgan fingerprint density at radius 2 is 0.716 bits per heavy atom. The van der Waals surface area contributed by atoms with Gasteiger partial charge in [-0.25, -0.2) is 0 Å². The molecular formula is C65H45NO. The lowest BCUT2D eigenvalue weighted by Crippen LogP contribution is -2.44. The Labute approximate surface area is 391 Å². The molecule has 0 amide bonds. The maximum atomic E-state index is 6.61. The third kappa shape index (κ3) is 5.00. The summed E-state index contributed by atoms with van der Waals surface area (Å²) < 4.78 is 6.61. The number of nitrogens with zero attached hydrogens (tertiary/aromatic N) is 1. The highest BCUT2D eigenvalue weighted by molar-refractivity contribution is 6.06. The van der Waals surface area contributed by atoms with Crippen LogP contribution in [0.2, 0.25) is 0 Å². The van der Waals surface area contributed by atoms with E-state index in [0.717, 1.165) is 39.0 Å². The van der Waals surface area contributed by atoms with Crippen LogP contribution in [-0.2, 0) is 16.2 Å². The molecule has 0 radical (unpaired) electrons. The summed E-state index contributed by atoms with van der Waals surface area (Å²) in [5.41, 5.74) is 21.8. The predicted octanol–water partition coefficient (Wildman–Crippen LogP) is 16.4. The second-order valence-electron chi connectivity index (χ2n) is 19.1. The quantitative estimate of drug-likeness (QED) is 0.171. The summed E-state index contributed by atoms with van der Waals surface area (Å²) in [5, 5.41) is 2.24. The molecular weight excluding hydrogens is 811 g/mol. The summed E-state index contributed by atoms with van der Waals surface area (Å²) >= 11 is 0. The second-order valence-corrected chi connectivity index (χ2v) is 19.1. The van der Waals surface area contributed by atoms with Crippen molar-refractivity contribution in [2.75, 3.05) is 4.90 Å². The van der Waals surface area contributed by atoms with Crippen LogP contribution in [0.5, 0.6) is 0 Å².